The van der Waals surface area contributed by atoms with Gasteiger partial charge in [-0.25, -0.2) is 19.3 Å². The standard InChI is InChI=1S/C22H26ClFN6O/c1-2-3-7-19(31)30-8-5-4-6-15(30)11-26-22-18(24)13-28-21(29-22)17-12-27-20-16(17)9-14(23)10-25-20/h9-10,12-13,15H,2-8,11H2,1H3,(H,25,27)(H,26,28,29). The zero-order valence-electron chi connectivity index (χ0n) is 17.5. The Morgan fingerprint density at radius 2 is 2.23 bits per heavy atom. The number of carbonyl (C=O) groups is 1. The van der Waals surface area contributed by atoms with Gasteiger partial charge in [0, 0.05) is 48.9 Å². The van der Waals surface area contributed by atoms with Crippen molar-refractivity contribution in [3.05, 3.63) is 35.5 Å². The first-order valence-electron chi connectivity index (χ1n) is 10.8. The van der Waals surface area contributed by atoms with Gasteiger partial charge >= 0.3 is 0 Å². The Kier molecular flexibility index (Phi) is 6.65. The van der Waals surface area contributed by atoms with Gasteiger partial charge in [-0.1, -0.05) is 24.9 Å². The summed E-state index contributed by atoms with van der Waals surface area (Å²) in [5.74, 6) is 0.152. The van der Waals surface area contributed by atoms with Gasteiger partial charge in [0.15, 0.2) is 17.5 Å². The van der Waals surface area contributed by atoms with E-state index in [4.69, 9.17) is 11.6 Å². The lowest BCUT2D eigenvalue weighted by molar-refractivity contribution is -0.134. The fraction of sp³-hybridized carbons (Fsp3) is 0.455. The number of H-pyrrole nitrogens is 1. The van der Waals surface area contributed by atoms with Gasteiger partial charge in [0.05, 0.1) is 11.2 Å². The van der Waals surface area contributed by atoms with Crippen LogP contribution in [0, 0.1) is 5.82 Å². The number of hydrogen-bond donors (Lipinski definition) is 2. The summed E-state index contributed by atoms with van der Waals surface area (Å²) < 4.78 is 14.5. The normalized spacial score (nSPS) is 16.6. The number of aromatic amines is 1. The molecule has 0 aliphatic carbocycles. The van der Waals surface area contributed by atoms with Crippen molar-refractivity contribution in [1.82, 2.24) is 24.8 Å². The van der Waals surface area contributed by atoms with Gasteiger partial charge in [-0.3, -0.25) is 4.79 Å². The highest BCUT2D eigenvalue weighted by molar-refractivity contribution is 6.31. The Labute approximate surface area is 185 Å². The number of unbranched alkanes of at least 4 members (excludes halogenated alkanes) is 1. The largest absolute Gasteiger partial charge is 0.365 e. The Hall–Kier alpha value is -2.74. The molecule has 9 heteroatoms. The Morgan fingerprint density at radius 1 is 1.35 bits per heavy atom. The molecule has 1 unspecified atom stereocenters. The molecule has 1 atom stereocenters. The van der Waals surface area contributed by atoms with Crippen molar-refractivity contribution in [1.29, 1.82) is 0 Å². The number of pyridine rings is 1. The minimum Gasteiger partial charge on any atom is -0.365 e. The highest BCUT2D eigenvalue weighted by Gasteiger charge is 2.26. The number of amides is 1. The summed E-state index contributed by atoms with van der Waals surface area (Å²) in [6.07, 6.45) is 9.87. The summed E-state index contributed by atoms with van der Waals surface area (Å²) in [6, 6.07) is 1.81. The fourth-order valence-corrected chi connectivity index (χ4v) is 4.17. The first-order valence-corrected chi connectivity index (χ1v) is 11.1. The van der Waals surface area contributed by atoms with Crippen LogP contribution in [-0.2, 0) is 4.79 Å². The van der Waals surface area contributed by atoms with E-state index < -0.39 is 5.82 Å². The van der Waals surface area contributed by atoms with E-state index in [1.54, 1.807) is 18.5 Å². The van der Waals surface area contributed by atoms with E-state index in [0.29, 0.717) is 35.0 Å². The highest BCUT2D eigenvalue weighted by Crippen LogP contribution is 2.28. The molecule has 0 bridgehead atoms. The molecular weight excluding hydrogens is 419 g/mol. The van der Waals surface area contributed by atoms with Crippen LogP contribution in [0.4, 0.5) is 10.2 Å². The molecule has 31 heavy (non-hydrogen) atoms. The molecule has 4 heterocycles. The number of piperidine rings is 1. The predicted molar refractivity (Wildman–Crippen MR) is 119 cm³/mol. The summed E-state index contributed by atoms with van der Waals surface area (Å²) in [6.45, 7) is 3.29. The number of hydrogen-bond acceptors (Lipinski definition) is 5. The van der Waals surface area contributed by atoms with Crippen LogP contribution < -0.4 is 5.32 Å². The molecule has 0 aromatic carbocycles. The molecule has 1 saturated heterocycles. The van der Waals surface area contributed by atoms with Crippen molar-refractivity contribution in [2.45, 2.75) is 51.5 Å². The summed E-state index contributed by atoms with van der Waals surface area (Å²) in [5.41, 5.74) is 1.35. The van der Waals surface area contributed by atoms with E-state index >= 15 is 0 Å². The average Bonchev–Trinajstić information content (AvgIpc) is 3.20. The predicted octanol–water partition coefficient (Wildman–Crippen LogP) is 4.80. The Morgan fingerprint density at radius 3 is 3.06 bits per heavy atom. The molecule has 2 N–H and O–H groups in total. The SMILES string of the molecule is CCCCC(=O)N1CCCCC1CNc1nc(-c2c[nH]c3ncc(Cl)cc23)ncc1F. The summed E-state index contributed by atoms with van der Waals surface area (Å²) in [5, 5.41) is 4.38. The van der Waals surface area contributed by atoms with E-state index in [2.05, 4.69) is 32.2 Å². The van der Waals surface area contributed by atoms with Crippen LogP contribution >= 0.6 is 11.6 Å². The zero-order chi connectivity index (χ0) is 21.8. The molecule has 3 aromatic heterocycles. The van der Waals surface area contributed by atoms with Crippen LogP contribution in [0.1, 0.15) is 45.4 Å². The Bertz CT molecular complexity index is 1070. The maximum Gasteiger partial charge on any atom is 0.222 e. The maximum absolute atomic E-state index is 14.5. The summed E-state index contributed by atoms with van der Waals surface area (Å²) in [4.78, 5) is 30.4. The number of nitrogens with zero attached hydrogens (tertiary/aromatic N) is 4. The number of aromatic nitrogens is 4. The topological polar surface area (TPSA) is 86.8 Å². The second-order valence-corrected chi connectivity index (χ2v) is 8.30. The first kappa shape index (κ1) is 21.5. The van der Waals surface area contributed by atoms with E-state index in [0.717, 1.165) is 50.2 Å². The molecule has 1 aliphatic heterocycles. The van der Waals surface area contributed by atoms with Gasteiger partial charge in [0.1, 0.15) is 5.65 Å². The fourth-order valence-electron chi connectivity index (χ4n) is 4.01. The van der Waals surface area contributed by atoms with Crippen LogP contribution in [0.15, 0.2) is 24.7 Å². The molecule has 1 amide bonds. The minimum atomic E-state index is -0.528. The van der Waals surface area contributed by atoms with E-state index in [9.17, 15) is 9.18 Å². The van der Waals surface area contributed by atoms with Crippen LogP contribution in [0.25, 0.3) is 22.4 Å². The quantitative estimate of drug-likeness (QED) is 0.546. The van der Waals surface area contributed by atoms with Crippen molar-refractivity contribution in [2.75, 3.05) is 18.4 Å². The van der Waals surface area contributed by atoms with Gasteiger partial charge in [0.2, 0.25) is 5.91 Å². The number of anilines is 1. The van der Waals surface area contributed by atoms with Crippen LogP contribution in [0.2, 0.25) is 5.02 Å². The zero-order valence-corrected chi connectivity index (χ0v) is 18.3. The van der Waals surface area contributed by atoms with Gasteiger partial charge in [-0.05, 0) is 31.7 Å². The second kappa shape index (κ2) is 9.60. The molecule has 1 aliphatic rings. The third-order valence-corrected chi connectivity index (χ3v) is 5.89. The number of rotatable bonds is 7. The third kappa shape index (κ3) is 4.79. The van der Waals surface area contributed by atoms with Crippen LogP contribution in [0.3, 0.4) is 0 Å². The average molecular weight is 445 g/mol. The number of fused-ring (bicyclic) bond motifs is 1. The molecule has 7 nitrogen and oxygen atoms in total. The lowest BCUT2D eigenvalue weighted by atomic mass is 10.0. The molecule has 0 saturated carbocycles. The van der Waals surface area contributed by atoms with Crippen LogP contribution in [0.5, 0.6) is 0 Å². The minimum absolute atomic E-state index is 0.0343. The molecule has 4 rings (SSSR count). The smallest absolute Gasteiger partial charge is 0.222 e. The van der Waals surface area contributed by atoms with Crippen molar-refractivity contribution < 1.29 is 9.18 Å². The molecule has 3 aromatic rings. The number of carbonyl (C=O) groups excluding carboxylic acids is 1. The number of halogens is 2. The van der Waals surface area contributed by atoms with Crippen molar-refractivity contribution in [3.63, 3.8) is 0 Å². The maximum atomic E-state index is 14.5. The second-order valence-electron chi connectivity index (χ2n) is 7.86. The molecule has 0 spiro atoms. The monoisotopic (exact) mass is 444 g/mol. The van der Waals surface area contributed by atoms with Gasteiger partial charge in [-0.15, -0.1) is 0 Å². The lowest BCUT2D eigenvalue weighted by Crippen LogP contribution is -2.47. The molecule has 1 fully saturated rings. The molecule has 0 radical (unpaired) electrons. The van der Waals surface area contributed by atoms with Gasteiger partial charge in [-0.2, -0.15) is 0 Å². The van der Waals surface area contributed by atoms with Gasteiger partial charge < -0.3 is 15.2 Å². The van der Waals surface area contributed by atoms with E-state index in [-0.39, 0.29) is 17.8 Å². The first-order chi connectivity index (χ1) is 15.1. The van der Waals surface area contributed by atoms with Crippen molar-refractivity contribution in [2.24, 2.45) is 0 Å². The lowest BCUT2D eigenvalue weighted by Gasteiger charge is -2.36. The molecule has 164 valence electrons. The summed E-state index contributed by atoms with van der Waals surface area (Å²) in [7, 11) is 0. The number of nitrogens with one attached hydrogen (secondary N) is 2. The van der Waals surface area contributed by atoms with Gasteiger partial charge in [0.25, 0.3) is 0 Å². The van der Waals surface area contributed by atoms with E-state index in [1.807, 2.05) is 4.90 Å². The summed E-state index contributed by atoms with van der Waals surface area (Å²) >= 11 is 6.08. The van der Waals surface area contributed by atoms with Crippen LogP contribution in [-0.4, -0.2) is 49.9 Å². The Balaban J connectivity index is 1.52. The molecular formula is C22H26ClFN6O. The number of likely N-dealkylation sites (tertiary alicyclic amines) is 1. The van der Waals surface area contributed by atoms with Crippen molar-refractivity contribution in [3.8, 4) is 11.4 Å². The van der Waals surface area contributed by atoms with E-state index in [1.165, 1.54) is 0 Å². The highest BCUT2D eigenvalue weighted by atomic mass is 35.5. The third-order valence-electron chi connectivity index (χ3n) is 5.68. The van der Waals surface area contributed by atoms with Crippen molar-refractivity contribution >= 4 is 34.4 Å².